The maximum absolute atomic E-state index is 12.2. The second kappa shape index (κ2) is 22.9. The van der Waals surface area contributed by atoms with Gasteiger partial charge in [0, 0.05) is 23.1 Å². The Labute approximate surface area is 411 Å². The number of amides is 2. The summed E-state index contributed by atoms with van der Waals surface area (Å²) in [4.78, 5) is 78.3. The lowest BCUT2D eigenvalue weighted by Gasteiger charge is -2.27. The molecule has 71 heavy (non-hydrogen) atoms. The molecule has 0 unspecified atom stereocenters. The number of sulfonamides is 3. The van der Waals surface area contributed by atoms with E-state index in [0.29, 0.717) is 22.1 Å². The van der Waals surface area contributed by atoms with E-state index in [1.807, 2.05) is 0 Å². The number of carbonyl (C=O) groups excluding carboxylic acids is 2. The van der Waals surface area contributed by atoms with Gasteiger partial charge in [0.25, 0.3) is 28.5 Å². The Hall–Kier alpha value is -7.64. The predicted octanol–water partition coefficient (Wildman–Crippen LogP) is 0.960. The van der Waals surface area contributed by atoms with Crippen LogP contribution in [0.3, 0.4) is 0 Å². The maximum Gasteiger partial charge on any atom is 0.271 e. The van der Waals surface area contributed by atoms with Crippen LogP contribution >= 0.6 is 23.5 Å². The fourth-order valence-electron chi connectivity index (χ4n) is 5.84. The minimum Gasteiger partial charge on any atom is -0.366 e. The van der Waals surface area contributed by atoms with Gasteiger partial charge in [-0.2, -0.15) is 10.2 Å². The standard InChI is InChI=1S/C15H18N6O4S.C12H13N5O4S2.C12H11N5O3S2/c16-12(22)11-13(18-8-2-1-3-8)20-15(21-14(11)23)19-9-4-6-10(7-5-9)26(17,24)25;1-22-11-8(9(13)18)10(19)16-12(17-11)15-6-2-4-7(5-3-6)23(14,20)21;1-21-11-9(6-13)10(18)16-12(17-11)15-7-2-4-8(5-3-7)22(14,19)20/h4-8H,1-3H2,(H2,16,22)(H2,17,24,25)(H3,18,19,20,21,23);2-5H,1H3,(H2,13,18)(H2,14,20,21)(H2,15,16,17,19);2-5H,1H3,(H2,14,19,20)(H2,15,16,17,18). The van der Waals surface area contributed by atoms with Crippen molar-refractivity contribution in [2.24, 2.45) is 26.9 Å². The third kappa shape index (κ3) is 14.7. The third-order valence-corrected chi connectivity index (χ3v) is 13.6. The summed E-state index contributed by atoms with van der Waals surface area (Å²) in [6, 6.07) is 18.7. The van der Waals surface area contributed by atoms with Gasteiger partial charge in [-0.25, -0.2) is 50.6 Å². The van der Waals surface area contributed by atoms with E-state index in [2.05, 4.69) is 51.2 Å². The minimum atomic E-state index is -3.79. The summed E-state index contributed by atoms with van der Waals surface area (Å²) in [5.74, 6) is -1.29. The normalized spacial score (nSPS) is 12.3. The Morgan fingerprint density at radius 1 is 0.592 bits per heavy atom. The average molecular weight is 1070 g/mol. The predicted molar refractivity (Wildman–Crippen MR) is 264 cm³/mol. The highest BCUT2D eigenvalue weighted by atomic mass is 32.2. The smallest absolute Gasteiger partial charge is 0.271 e. The van der Waals surface area contributed by atoms with Crippen molar-refractivity contribution < 1.29 is 34.8 Å². The number of nitrogens with two attached hydrogens (primary N) is 5. The zero-order chi connectivity index (χ0) is 52.4. The van der Waals surface area contributed by atoms with Crippen molar-refractivity contribution >= 4 is 106 Å². The van der Waals surface area contributed by atoms with Crippen LogP contribution in [0.5, 0.6) is 0 Å². The van der Waals surface area contributed by atoms with Crippen LogP contribution in [0, 0.1) is 11.3 Å². The summed E-state index contributed by atoms with van der Waals surface area (Å²) in [5.41, 5.74) is 9.50. The summed E-state index contributed by atoms with van der Waals surface area (Å²) in [7, 11) is -11.3. The molecule has 2 amide bonds. The number of thioether (sulfide) groups is 2. The van der Waals surface area contributed by atoms with Crippen LogP contribution in [0.2, 0.25) is 0 Å². The summed E-state index contributed by atoms with van der Waals surface area (Å²) in [5, 5.41) is 36.0. The number of primary sulfonamides is 3. The van der Waals surface area contributed by atoms with Crippen molar-refractivity contribution in [3.05, 3.63) is 121 Å². The van der Waals surface area contributed by atoms with Crippen LogP contribution < -0.4 is 64.8 Å². The van der Waals surface area contributed by atoms with Crippen LogP contribution in [0.4, 0.5) is 40.7 Å². The molecule has 0 bridgehead atoms. The molecule has 0 spiro atoms. The number of hydrogen-bond donors (Lipinski definition) is 12. The molecule has 0 saturated heterocycles. The molecular weight excluding hydrogens is 1030 g/mol. The highest BCUT2D eigenvalue weighted by Gasteiger charge is 2.23. The van der Waals surface area contributed by atoms with E-state index in [1.54, 1.807) is 18.6 Å². The number of nitrogens with one attached hydrogen (secondary N) is 7. The van der Waals surface area contributed by atoms with E-state index in [4.69, 9.17) is 32.1 Å². The number of nitriles is 1. The Bertz CT molecular complexity index is 3550. The first-order valence-electron chi connectivity index (χ1n) is 19.8. The molecule has 0 atom stereocenters. The molecule has 1 aliphatic carbocycles. The number of anilines is 7. The number of nitrogens with zero attached hydrogens (tertiary/aromatic N) is 4. The van der Waals surface area contributed by atoms with Gasteiger partial charge in [0.1, 0.15) is 38.6 Å². The zero-order valence-corrected chi connectivity index (χ0v) is 40.9. The lowest BCUT2D eigenvalue weighted by Crippen LogP contribution is -2.33. The zero-order valence-electron chi connectivity index (χ0n) is 36.8. The number of rotatable bonds is 15. The number of aromatic nitrogens is 6. The van der Waals surface area contributed by atoms with E-state index in [9.17, 15) is 49.2 Å². The second-order valence-corrected chi connectivity index (χ2v) is 20.7. The molecule has 3 aromatic carbocycles. The third-order valence-electron chi connectivity index (χ3n) is 9.47. The van der Waals surface area contributed by atoms with Gasteiger partial charge < -0.3 is 32.7 Å². The first kappa shape index (κ1) is 54.3. The van der Waals surface area contributed by atoms with E-state index in [1.165, 1.54) is 84.6 Å². The molecule has 6 aromatic rings. The van der Waals surface area contributed by atoms with E-state index < -0.39 is 58.6 Å². The van der Waals surface area contributed by atoms with Crippen LogP contribution in [0.15, 0.2) is 112 Å². The van der Waals surface area contributed by atoms with Crippen molar-refractivity contribution in [3.8, 4) is 6.07 Å². The van der Waals surface area contributed by atoms with Crippen LogP contribution in [0.1, 0.15) is 45.5 Å². The van der Waals surface area contributed by atoms with E-state index >= 15 is 0 Å². The molecule has 32 heteroatoms. The summed E-state index contributed by atoms with van der Waals surface area (Å²) in [6.07, 6.45) is 6.26. The topological polar surface area (TPSA) is 476 Å². The summed E-state index contributed by atoms with van der Waals surface area (Å²) >= 11 is 2.28. The van der Waals surface area contributed by atoms with Gasteiger partial charge in [-0.3, -0.25) is 38.9 Å². The fourth-order valence-corrected chi connectivity index (χ4v) is 8.49. The minimum absolute atomic E-state index is 0.0240. The molecule has 1 aliphatic rings. The van der Waals surface area contributed by atoms with Crippen molar-refractivity contribution in [2.75, 3.05) is 33.8 Å². The number of H-pyrrole nitrogens is 3. The molecule has 1 fully saturated rings. The highest BCUT2D eigenvalue weighted by molar-refractivity contribution is 7.98. The molecule has 1 saturated carbocycles. The molecule has 7 rings (SSSR count). The number of aromatic amines is 3. The lowest BCUT2D eigenvalue weighted by atomic mass is 9.93. The van der Waals surface area contributed by atoms with Crippen LogP contribution in [0.25, 0.3) is 0 Å². The van der Waals surface area contributed by atoms with Gasteiger partial charge in [-0.1, -0.05) is 0 Å². The van der Waals surface area contributed by atoms with Crippen LogP contribution in [-0.4, -0.2) is 85.5 Å². The van der Waals surface area contributed by atoms with E-state index in [0.717, 1.165) is 31.0 Å². The Morgan fingerprint density at radius 2 is 0.944 bits per heavy atom. The van der Waals surface area contributed by atoms with Crippen molar-refractivity contribution in [2.45, 2.75) is 50.0 Å². The number of primary amides is 2. The maximum atomic E-state index is 12.2. The van der Waals surface area contributed by atoms with Crippen molar-refractivity contribution in [1.29, 1.82) is 5.26 Å². The second-order valence-electron chi connectivity index (χ2n) is 14.4. The monoisotopic (exact) mass is 1070 g/mol. The van der Waals surface area contributed by atoms with Gasteiger partial charge in [0.2, 0.25) is 47.9 Å². The largest absolute Gasteiger partial charge is 0.366 e. The number of carbonyl (C=O) groups is 2. The molecule has 3 aromatic heterocycles. The van der Waals surface area contributed by atoms with Gasteiger partial charge in [0.05, 0.1) is 14.7 Å². The average Bonchev–Trinajstić information content (AvgIpc) is 3.27. The number of benzene rings is 3. The Morgan fingerprint density at radius 3 is 1.27 bits per heavy atom. The van der Waals surface area contributed by atoms with E-state index in [-0.39, 0.29) is 66.1 Å². The number of hydrogen-bond acceptors (Lipinski definition) is 21. The molecule has 17 N–H and O–H groups in total. The quantitative estimate of drug-likeness (QED) is 0.0503. The lowest BCUT2D eigenvalue weighted by molar-refractivity contribution is 0.0988. The highest BCUT2D eigenvalue weighted by Crippen LogP contribution is 2.25. The molecule has 0 radical (unpaired) electrons. The van der Waals surface area contributed by atoms with Crippen LogP contribution in [-0.2, 0) is 30.1 Å². The SMILES string of the molecule is CSc1nc(Nc2ccc(S(N)(=O)=O)cc2)[nH]c(=O)c1C#N.CSc1nc(Nc2ccc(S(N)(=O)=O)cc2)[nH]c(=O)c1C(N)=O.NC(=O)c1c(NC2CCC2)nc(Nc2ccc(S(N)(=O)=O)cc2)[nH]c1=O. The van der Waals surface area contributed by atoms with Crippen molar-refractivity contribution in [3.63, 3.8) is 0 Å². The van der Waals surface area contributed by atoms with Crippen molar-refractivity contribution in [1.82, 2.24) is 29.9 Å². The first-order valence-corrected chi connectivity index (χ1v) is 26.9. The fraction of sp³-hybridized carbons (Fsp3) is 0.154. The summed E-state index contributed by atoms with van der Waals surface area (Å²) < 4.78 is 67.2. The molecular formula is C39H42N16O11S5. The first-order chi connectivity index (χ1) is 33.3. The Balaban J connectivity index is 0.000000199. The van der Waals surface area contributed by atoms with Gasteiger partial charge in [-0.15, -0.1) is 23.5 Å². The van der Waals surface area contributed by atoms with Gasteiger partial charge >= 0.3 is 0 Å². The molecule has 0 aliphatic heterocycles. The van der Waals surface area contributed by atoms with Gasteiger partial charge in [-0.05, 0) is 105 Å². The Kier molecular flexibility index (Phi) is 17.5. The molecule has 3 heterocycles. The molecule has 27 nitrogen and oxygen atoms in total. The summed E-state index contributed by atoms with van der Waals surface area (Å²) in [6.45, 7) is 0. The van der Waals surface area contributed by atoms with Gasteiger partial charge in [0.15, 0.2) is 0 Å². The molecule has 374 valence electrons.